The minimum absolute atomic E-state index is 0.0126. The summed E-state index contributed by atoms with van der Waals surface area (Å²) in [6.07, 6.45) is 1.48. The predicted octanol–water partition coefficient (Wildman–Crippen LogP) is 2.84. The van der Waals surface area contributed by atoms with E-state index in [1.165, 1.54) is 0 Å². The fraction of sp³-hybridized carbons (Fsp3) is 0.600. The molecule has 0 aliphatic rings. The van der Waals surface area contributed by atoms with Crippen LogP contribution in [0.1, 0.15) is 37.8 Å². The van der Waals surface area contributed by atoms with Crippen LogP contribution in [0.25, 0.3) is 0 Å². The minimum atomic E-state index is -3.17. The van der Waals surface area contributed by atoms with Crippen LogP contribution in [0.3, 0.4) is 0 Å². The zero-order valence-corrected chi connectivity index (χ0v) is 13.2. The molecule has 0 radical (unpaired) electrons. The maximum Gasteiger partial charge on any atom is 0.178 e. The molecule has 0 amide bonds. The Balaban J connectivity index is 2.74. The van der Waals surface area contributed by atoms with Crippen LogP contribution in [0, 0.1) is 19.3 Å². The zero-order valence-electron chi connectivity index (χ0n) is 12.4. The summed E-state index contributed by atoms with van der Waals surface area (Å²) in [6, 6.07) is 5.33. The second kappa shape index (κ2) is 6.06. The Bertz CT molecular complexity index is 533. The van der Waals surface area contributed by atoms with Crippen LogP contribution in [-0.2, 0) is 9.84 Å². The summed E-state index contributed by atoms with van der Waals surface area (Å²) in [6.45, 7) is 8.63. The number of hydrogen-bond acceptors (Lipinski definition) is 3. The number of aryl methyl sites for hydroxylation is 2. The third-order valence-electron chi connectivity index (χ3n) is 3.66. The Morgan fingerprint density at radius 1 is 1.16 bits per heavy atom. The maximum atomic E-state index is 12.2. The van der Waals surface area contributed by atoms with E-state index in [1.54, 1.807) is 12.1 Å². The molecule has 19 heavy (non-hydrogen) atoms. The van der Waals surface area contributed by atoms with Crippen molar-refractivity contribution in [3.05, 3.63) is 29.3 Å². The lowest BCUT2D eigenvalue weighted by Crippen LogP contribution is -2.24. The van der Waals surface area contributed by atoms with Gasteiger partial charge in [-0.15, -0.1) is 0 Å². The van der Waals surface area contributed by atoms with E-state index in [9.17, 15) is 8.42 Å². The highest BCUT2D eigenvalue weighted by Gasteiger charge is 2.19. The molecule has 4 heteroatoms. The molecule has 1 aromatic rings. The predicted molar refractivity (Wildman–Crippen MR) is 80.0 cm³/mol. The van der Waals surface area contributed by atoms with Crippen LogP contribution < -0.4 is 5.73 Å². The summed E-state index contributed by atoms with van der Waals surface area (Å²) in [5.74, 6) is 0.193. The second-order valence-corrected chi connectivity index (χ2v) is 8.15. The standard InChI is InChI=1S/C15H25NO2S/c1-12-6-7-14(10-13(12)2)19(17,18)9-5-8-15(3,4)11-16/h6-7,10H,5,8-9,11,16H2,1-4H3. The molecule has 0 spiro atoms. The lowest BCUT2D eigenvalue weighted by atomic mass is 9.88. The summed E-state index contributed by atoms with van der Waals surface area (Å²) in [7, 11) is -3.17. The largest absolute Gasteiger partial charge is 0.330 e. The van der Waals surface area contributed by atoms with Gasteiger partial charge >= 0.3 is 0 Å². The van der Waals surface area contributed by atoms with Gasteiger partial charge in [-0.2, -0.15) is 0 Å². The first-order valence-electron chi connectivity index (χ1n) is 6.68. The van der Waals surface area contributed by atoms with E-state index in [0.717, 1.165) is 17.5 Å². The van der Waals surface area contributed by atoms with E-state index < -0.39 is 9.84 Å². The topological polar surface area (TPSA) is 60.2 Å². The fourth-order valence-electron chi connectivity index (χ4n) is 1.87. The maximum absolute atomic E-state index is 12.2. The monoisotopic (exact) mass is 283 g/mol. The van der Waals surface area contributed by atoms with Gasteiger partial charge in [0.2, 0.25) is 0 Å². The third-order valence-corrected chi connectivity index (χ3v) is 5.45. The molecule has 0 atom stereocenters. The van der Waals surface area contributed by atoms with Gasteiger partial charge in [-0.25, -0.2) is 8.42 Å². The van der Waals surface area contributed by atoms with Gasteiger partial charge in [0.15, 0.2) is 9.84 Å². The van der Waals surface area contributed by atoms with Crippen LogP contribution in [0.5, 0.6) is 0 Å². The van der Waals surface area contributed by atoms with Gasteiger partial charge in [0.25, 0.3) is 0 Å². The van der Waals surface area contributed by atoms with E-state index in [0.29, 0.717) is 17.9 Å². The van der Waals surface area contributed by atoms with Crippen molar-refractivity contribution in [2.45, 2.75) is 45.4 Å². The van der Waals surface area contributed by atoms with Crippen molar-refractivity contribution in [1.82, 2.24) is 0 Å². The molecular formula is C15H25NO2S. The van der Waals surface area contributed by atoms with Crippen LogP contribution in [-0.4, -0.2) is 20.7 Å². The van der Waals surface area contributed by atoms with Crippen LogP contribution in [0.4, 0.5) is 0 Å². The van der Waals surface area contributed by atoms with E-state index in [2.05, 4.69) is 13.8 Å². The van der Waals surface area contributed by atoms with E-state index >= 15 is 0 Å². The zero-order chi connectivity index (χ0) is 14.7. The number of nitrogens with two attached hydrogens (primary N) is 1. The van der Waals surface area contributed by atoms with Crippen molar-refractivity contribution < 1.29 is 8.42 Å². The molecular weight excluding hydrogens is 258 g/mol. The van der Waals surface area contributed by atoms with Gasteiger partial charge in [0, 0.05) is 0 Å². The Morgan fingerprint density at radius 3 is 2.32 bits per heavy atom. The molecule has 0 aliphatic carbocycles. The van der Waals surface area contributed by atoms with Gasteiger partial charge in [0.1, 0.15) is 0 Å². The van der Waals surface area contributed by atoms with Crippen LogP contribution >= 0.6 is 0 Å². The molecule has 0 aromatic heterocycles. The first kappa shape index (κ1) is 16.2. The molecule has 0 saturated carbocycles. The van der Waals surface area contributed by atoms with Gasteiger partial charge in [-0.3, -0.25) is 0 Å². The summed E-state index contributed by atoms with van der Waals surface area (Å²) in [4.78, 5) is 0.432. The molecule has 0 unspecified atom stereocenters. The summed E-state index contributed by atoms with van der Waals surface area (Å²) < 4.78 is 24.5. The lowest BCUT2D eigenvalue weighted by Gasteiger charge is -2.21. The molecule has 0 fully saturated rings. The van der Waals surface area contributed by atoms with Gasteiger partial charge < -0.3 is 5.73 Å². The van der Waals surface area contributed by atoms with E-state index in [1.807, 2.05) is 19.9 Å². The number of rotatable bonds is 6. The molecule has 1 aromatic carbocycles. The van der Waals surface area contributed by atoms with Gasteiger partial charge in [-0.1, -0.05) is 19.9 Å². The van der Waals surface area contributed by atoms with Crippen molar-refractivity contribution in [3.8, 4) is 0 Å². The van der Waals surface area contributed by atoms with E-state index in [4.69, 9.17) is 5.73 Å². The highest BCUT2D eigenvalue weighted by molar-refractivity contribution is 7.91. The van der Waals surface area contributed by atoms with Crippen molar-refractivity contribution in [2.75, 3.05) is 12.3 Å². The average molecular weight is 283 g/mol. The van der Waals surface area contributed by atoms with Crippen molar-refractivity contribution in [2.24, 2.45) is 11.1 Å². The molecule has 2 N–H and O–H groups in total. The number of sulfone groups is 1. The first-order valence-corrected chi connectivity index (χ1v) is 8.33. The lowest BCUT2D eigenvalue weighted by molar-refractivity contribution is 0.344. The molecule has 0 aliphatic heterocycles. The summed E-state index contributed by atoms with van der Waals surface area (Å²) in [5.41, 5.74) is 7.80. The second-order valence-electron chi connectivity index (χ2n) is 6.04. The van der Waals surface area contributed by atoms with Crippen molar-refractivity contribution >= 4 is 9.84 Å². The molecule has 0 bridgehead atoms. The van der Waals surface area contributed by atoms with Gasteiger partial charge in [-0.05, 0) is 61.9 Å². The highest BCUT2D eigenvalue weighted by Crippen LogP contribution is 2.23. The molecule has 1 rings (SSSR count). The Labute approximate surface area is 117 Å². The first-order chi connectivity index (χ1) is 8.68. The quantitative estimate of drug-likeness (QED) is 0.873. The van der Waals surface area contributed by atoms with Crippen LogP contribution in [0.15, 0.2) is 23.1 Å². The molecule has 0 heterocycles. The van der Waals surface area contributed by atoms with Crippen molar-refractivity contribution in [3.63, 3.8) is 0 Å². The van der Waals surface area contributed by atoms with E-state index in [-0.39, 0.29) is 11.2 Å². The Hall–Kier alpha value is -0.870. The molecule has 108 valence electrons. The number of benzene rings is 1. The minimum Gasteiger partial charge on any atom is -0.330 e. The van der Waals surface area contributed by atoms with Crippen LogP contribution in [0.2, 0.25) is 0 Å². The fourth-order valence-corrected chi connectivity index (χ4v) is 3.26. The normalized spacial score (nSPS) is 12.7. The smallest absolute Gasteiger partial charge is 0.178 e. The Kier molecular flexibility index (Phi) is 5.16. The molecule has 3 nitrogen and oxygen atoms in total. The summed E-state index contributed by atoms with van der Waals surface area (Å²) >= 11 is 0. The molecule has 0 saturated heterocycles. The summed E-state index contributed by atoms with van der Waals surface area (Å²) in [5, 5.41) is 0. The average Bonchev–Trinajstić information content (AvgIpc) is 2.32. The highest BCUT2D eigenvalue weighted by atomic mass is 32.2. The van der Waals surface area contributed by atoms with Crippen molar-refractivity contribution in [1.29, 1.82) is 0 Å². The third kappa shape index (κ3) is 4.62. The SMILES string of the molecule is Cc1ccc(S(=O)(=O)CCCC(C)(C)CN)cc1C. The van der Waals surface area contributed by atoms with Gasteiger partial charge in [0.05, 0.1) is 10.6 Å². The number of hydrogen-bond donors (Lipinski definition) is 1. The Morgan fingerprint density at radius 2 is 1.79 bits per heavy atom.